The van der Waals surface area contributed by atoms with Crippen molar-refractivity contribution in [1.82, 2.24) is 0 Å². The van der Waals surface area contributed by atoms with E-state index in [1.54, 1.807) is 4.90 Å². The molecule has 1 aromatic rings. The van der Waals surface area contributed by atoms with Crippen LogP contribution in [0.2, 0.25) is 0 Å². The Balaban J connectivity index is 1.73. The van der Waals surface area contributed by atoms with Crippen molar-refractivity contribution < 1.29 is 19.2 Å². The SMILES string of the molecule is NC(=O)C1CC(c2ccc(N3CCOCCC3=O)cc2)=NO1. The lowest BCUT2D eigenvalue weighted by molar-refractivity contribution is -0.127. The minimum Gasteiger partial charge on any atom is -0.382 e. The maximum absolute atomic E-state index is 12.0. The fourth-order valence-corrected chi connectivity index (χ4v) is 2.48. The fraction of sp³-hybridized carbons (Fsp3) is 0.400. The molecule has 0 spiro atoms. The van der Waals surface area contributed by atoms with Crippen LogP contribution < -0.4 is 10.6 Å². The Labute approximate surface area is 127 Å². The van der Waals surface area contributed by atoms with Crippen molar-refractivity contribution in [3.05, 3.63) is 29.8 Å². The van der Waals surface area contributed by atoms with E-state index in [1.807, 2.05) is 24.3 Å². The molecule has 0 radical (unpaired) electrons. The molecule has 7 heteroatoms. The highest BCUT2D eigenvalue weighted by Gasteiger charge is 2.27. The second-order valence-corrected chi connectivity index (χ2v) is 5.19. The van der Waals surface area contributed by atoms with Crippen molar-refractivity contribution in [3.63, 3.8) is 0 Å². The average Bonchev–Trinajstić information content (AvgIpc) is 2.92. The Kier molecular flexibility index (Phi) is 4.06. The first-order valence-electron chi connectivity index (χ1n) is 7.15. The van der Waals surface area contributed by atoms with Crippen LogP contribution in [0.15, 0.2) is 29.4 Å². The van der Waals surface area contributed by atoms with Gasteiger partial charge in [0.2, 0.25) is 12.0 Å². The molecule has 1 atom stereocenters. The molecule has 2 heterocycles. The molecule has 2 amide bonds. The third-order valence-corrected chi connectivity index (χ3v) is 3.72. The lowest BCUT2D eigenvalue weighted by Gasteiger charge is -2.20. The van der Waals surface area contributed by atoms with Gasteiger partial charge in [-0.15, -0.1) is 0 Å². The zero-order valence-corrected chi connectivity index (χ0v) is 12.0. The summed E-state index contributed by atoms with van der Waals surface area (Å²) in [6, 6.07) is 7.44. The van der Waals surface area contributed by atoms with Crippen molar-refractivity contribution in [3.8, 4) is 0 Å². The maximum Gasteiger partial charge on any atom is 0.261 e. The molecule has 1 fully saturated rings. The summed E-state index contributed by atoms with van der Waals surface area (Å²) in [6.45, 7) is 1.55. The first-order valence-corrected chi connectivity index (χ1v) is 7.15. The van der Waals surface area contributed by atoms with Crippen LogP contribution in [0, 0.1) is 0 Å². The van der Waals surface area contributed by atoms with E-state index in [0.717, 1.165) is 11.3 Å². The van der Waals surface area contributed by atoms with E-state index in [9.17, 15) is 9.59 Å². The van der Waals surface area contributed by atoms with E-state index < -0.39 is 12.0 Å². The van der Waals surface area contributed by atoms with E-state index in [4.69, 9.17) is 15.3 Å². The summed E-state index contributed by atoms with van der Waals surface area (Å²) < 4.78 is 5.31. The number of ether oxygens (including phenoxy) is 1. The van der Waals surface area contributed by atoms with E-state index in [-0.39, 0.29) is 5.91 Å². The summed E-state index contributed by atoms with van der Waals surface area (Å²) in [4.78, 5) is 29.8. The van der Waals surface area contributed by atoms with Gasteiger partial charge in [0.15, 0.2) is 0 Å². The Bertz CT molecular complexity index is 612. The minimum atomic E-state index is -0.695. The van der Waals surface area contributed by atoms with Crippen LogP contribution in [0.3, 0.4) is 0 Å². The molecule has 1 aromatic carbocycles. The highest BCUT2D eigenvalue weighted by molar-refractivity contribution is 6.04. The third-order valence-electron chi connectivity index (χ3n) is 3.72. The minimum absolute atomic E-state index is 0.0561. The van der Waals surface area contributed by atoms with Crippen LogP contribution in [0.25, 0.3) is 0 Å². The predicted molar refractivity (Wildman–Crippen MR) is 79.5 cm³/mol. The Morgan fingerprint density at radius 3 is 2.73 bits per heavy atom. The van der Waals surface area contributed by atoms with Gasteiger partial charge in [-0.25, -0.2) is 0 Å². The van der Waals surface area contributed by atoms with Gasteiger partial charge in [0.25, 0.3) is 5.91 Å². The molecule has 2 aliphatic rings. The molecular weight excluding hydrogens is 286 g/mol. The van der Waals surface area contributed by atoms with Crippen molar-refractivity contribution in [2.75, 3.05) is 24.7 Å². The summed E-state index contributed by atoms with van der Waals surface area (Å²) in [5.74, 6) is -0.467. The number of anilines is 1. The topological polar surface area (TPSA) is 94.2 Å². The number of rotatable bonds is 3. The number of nitrogens with two attached hydrogens (primary N) is 1. The van der Waals surface area contributed by atoms with Gasteiger partial charge in [0.1, 0.15) is 0 Å². The van der Waals surface area contributed by atoms with Crippen molar-refractivity contribution in [2.45, 2.75) is 18.9 Å². The second-order valence-electron chi connectivity index (χ2n) is 5.19. The van der Waals surface area contributed by atoms with Gasteiger partial charge in [-0.3, -0.25) is 9.59 Å². The maximum atomic E-state index is 12.0. The zero-order valence-electron chi connectivity index (χ0n) is 12.0. The second kappa shape index (κ2) is 6.15. The summed E-state index contributed by atoms with van der Waals surface area (Å²) in [6.07, 6.45) is 0.0623. The molecule has 0 aliphatic carbocycles. The number of hydrogen-bond donors (Lipinski definition) is 1. The Morgan fingerprint density at radius 2 is 2.05 bits per heavy atom. The molecule has 0 aromatic heterocycles. The van der Waals surface area contributed by atoms with E-state index in [0.29, 0.717) is 38.3 Å². The first-order chi connectivity index (χ1) is 10.6. The number of benzene rings is 1. The van der Waals surface area contributed by atoms with Crippen LogP contribution in [-0.4, -0.2) is 43.4 Å². The van der Waals surface area contributed by atoms with Gasteiger partial charge in [0, 0.05) is 18.7 Å². The molecule has 2 N–H and O–H groups in total. The van der Waals surface area contributed by atoms with E-state index in [2.05, 4.69) is 5.16 Å². The van der Waals surface area contributed by atoms with Gasteiger partial charge in [0.05, 0.1) is 25.3 Å². The molecule has 3 rings (SSSR count). The molecule has 7 nitrogen and oxygen atoms in total. The van der Waals surface area contributed by atoms with Crippen LogP contribution in [-0.2, 0) is 19.2 Å². The van der Waals surface area contributed by atoms with Crippen LogP contribution in [0.5, 0.6) is 0 Å². The molecule has 116 valence electrons. The highest BCUT2D eigenvalue weighted by Crippen LogP contribution is 2.21. The number of hydrogen-bond acceptors (Lipinski definition) is 5. The largest absolute Gasteiger partial charge is 0.382 e. The van der Waals surface area contributed by atoms with Crippen molar-refractivity contribution >= 4 is 23.2 Å². The number of oxime groups is 1. The van der Waals surface area contributed by atoms with Crippen LogP contribution in [0.1, 0.15) is 18.4 Å². The van der Waals surface area contributed by atoms with Crippen LogP contribution in [0.4, 0.5) is 5.69 Å². The Hall–Kier alpha value is -2.41. The van der Waals surface area contributed by atoms with Crippen LogP contribution >= 0.6 is 0 Å². The summed E-state index contributed by atoms with van der Waals surface area (Å²) in [5, 5.41) is 3.90. The van der Waals surface area contributed by atoms with Gasteiger partial charge in [-0.1, -0.05) is 17.3 Å². The van der Waals surface area contributed by atoms with E-state index in [1.165, 1.54) is 0 Å². The first kappa shape index (κ1) is 14.5. The van der Waals surface area contributed by atoms with Gasteiger partial charge in [-0.05, 0) is 17.7 Å². The predicted octanol–water partition coefficient (Wildman–Crippen LogP) is 0.418. The number of nitrogens with zero attached hydrogens (tertiary/aromatic N) is 2. The number of carbonyl (C=O) groups is 2. The molecule has 1 saturated heterocycles. The number of primary amides is 1. The quantitative estimate of drug-likeness (QED) is 0.875. The van der Waals surface area contributed by atoms with Gasteiger partial charge in [-0.2, -0.15) is 0 Å². The Morgan fingerprint density at radius 1 is 1.27 bits per heavy atom. The molecule has 1 unspecified atom stereocenters. The molecule has 0 saturated carbocycles. The van der Waals surface area contributed by atoms with Crippen molar-refractivity contribution in [2.24, 2.45) is 10.9 Å². The summed E-state index contributed by atoms with van der Waals surface area (Å²) >= 11 is 0. The standard InChI is InChI=1S/C15H17N3O4/c16-15(20)13-9-12(17-22-13)10-1-3-11(4-2-10)18-6-8-21-7-5-14(18)19/h1-4,13H,5-9H2,(H2,16,20). The van der Waals surface area contributed by atoms with Crippen molar-refractivity contribution in [1.29, 1.82) is 0 Å². The highest BCUT2D eigenvalue weighted by atomic mass is 16.6. The average molecular weight is 303 g/mol. The lowest BCUT2D eigenvalue weighted by atomic mass is 10.0. The third kappa shape index (κ3) is 2.94. The number of carbonyl (C=O) groups excluding carboxylic acids is 2. The molecule has 22 heavy (non-hydrogen) atoms. The molecule has 2 aliphatic heterocycles. The van der Waals surface area contributed by atoms with Gasteiger partial charge < -0.3 is 20.2 Å². The lowest BCUT2D eigenvalue weighted by Crippen LogP contribution is -2.31. The summed E-state index contributed by atoms with van der Waals surface area (Å²) in [7, 11) is 0. The molecule has 0 bridgehead atoms. The monoisotopic (exact) mass is 303 g/mol. The normalized spacial score (nSPS) is 22.0. The van der Waals surface area contributed by atoms with E-state index >= 15 is 0 Å². The summed E-state index contributed by atoms with van der Waals surface area (Å²) in [5.41, 5.74) is 7.55. The zero-order chi connectivity index (χ0) is 15.5. The number of amides is 2. The molecular formula is C15H17N3O4. The van der Waals surface area contributed by atoms with Gasteiger partial charge >= 0.3 is 0 Å². The smallest absolute Gasteiger partial charge is 0.261 e. The fourth-order valence-electron chi connectivity index (χ4n) is 2.48.